The number of amides is 1. The van der Waals surface area contributed by atoms with E-state index in [0.717, 1.165) is 5.56 Å². The predicted molar refractivity (Wildman–Crippen MR) is 116 cm³/mol. The number of benzene rings is 2. The number of hydrogen-bond acceptors (Lipinski definition) is 5. The summed E-state index contributed by atoms with van der Waals surface area (Å²) in [6.07, 6.45) is 1.09. The summed E-state index contributed by atoms with van der Waals surface area (Å²) in [6.45, 7) is 0.972. The molecule has 1 amide bonds. The van der Waals surface area contributed by atoms with Gasteiger partial charge in [0, 0.05) is 18.7 Å². The van der Waals surface area contributed by atoms with Gasteiger partial charge in [0.1, 0.15) is 5.75 Å². The average molecular weight is 466 g/mol. The highest BCUT2D eigenvalue weighted by molar-refractivity contribution is 7.89. The first-order valence-electron chi connectivity index (χ1n) is 10.1. The van der Waals surface area contributed by atoms with Gasteiger partial charge in [0.2, 0.25) is 15.9 Å². The third-order valence-corrected chi connectivity index (χ3v) is 7.10. The number of piperidine rings is 1. The van der Waals surface area contributed by atoms with E-state index in [4.69, 9.17) is 0 Å². The van der Waals surface area contributed by atoms with Gasteiger partial charge in [-0.1, -0.05) is 29.8 Å². The van der Waals surface area contributed by atoms with Gasteiger partial charge in [-0.25, -0.2) is 13.8 Å². The quantitative estimate of drug-likeness (QED) is 0.501. The van der Waals surface area contributed by atoms with Crippen LogP contribution in [0.1, 0.15) is 30.9 Å². The van der Waals surface area contributed by atoms with E-state index < -0.39 is 28.5 Å². The van der Waals surface area contributed by atoms with Crippen LogP contribution in [0.25, 0.3) is 0 Å². The average Bonchev–Trinajstić information content (AvgIpc) is 2.77. The van der Waals surface area contributed by atoms with Gasteiger partial charge in [-0.3, -0.25) is 4.79 Å². The molecule has 32 heavy (non-hydrogen) atoms. The molecular formula is C22H25F2N3O4S. The van der Waals surface area contributed by atoms with Crippen LogP contribution in [0, 0.1) is 12.8 Å². The van der Waals surface area contributed by atoms with Crippen molar-refractivity contribution in [3.8, 4) is 5.75 Å². The molecule has 172 valence electrons. The van der Waals surface area contributed by atoms with Crippen LogP contribution in [0.2, 0.25) is 0 Å². The molecule has 3 rings (SSSR count). The first kappa shape index (κ1) is 23.8. The number of alkyl halides is 2. The molecule has 0 saturated carbocycles. The number of aryl methyl sites for hydroxylation is 1. The Hall–Kier alpha value is -2.85. The topological polar surface area (TPSA) is 88.1 Å². The lowest BCUT2D eigenvalue weighted by Crippen LogP contribution is -2.44. The first-order valence-corrected chi connectivity index (χ1v) is 11.6. The van der Waals surface area contributed by atoms with E-state index in [2.05, 4.69) is 15.3 Å². The van der Waals surface area contributed by atoms with E-state index in [0.29, 0.717) is 30.7 Å². The van der Waals surface area contributed by atoms with Crippen LogP contribution in [0.4, 0.5) is 8.78 Å². The second kappa shape index (κ2) is 10.2. The Kier molecular flexibility index (Phi) is 7.57. The summed E-state index contributed by atoms with van der Waals surface area (Å²) in [4.78, 5) is 12.8. The lowest BCUT2D eigenvalue weighted by Gasteiger charge is -2.30. The number of hydrogen-bond donors (Lipinski definition) is 1. The minimum Gasteiger partial charge on any atom is -0.435 e. The molecular weight excluding hydrogens is 440 g/mol. The van der Waals surface area contributed by atoms with Crippen molar-refractivity contribution in [3.63, 3.8) is 0 Å². The summed E-state index contributed by atoms with van der Waals surface area (Å²) < 4.78 is 56.4. The number of carbonyl (C=O) groups excluding carboxylic acids is 1. The van der Waals surface area contributed by atoms with Crippen LogP contribution in [0.3, 0.4) is 0 Å². The molecule has 1 unspecified atom stereocenters. The van der Waals surface area contributed by atoms with Crippen LogP contribution < -0.4 is 10.2 Å². The molecule has 10 heteroatoms. The van der Waals surface area contributed by atoms with Crippen molar-refractivity contribution in [1.29, 1.82) is 0 Å². The van der Waals surface area contributed by atoms with E-state index in [1.807, 2.05) is 6.92 Å². The highest BCUT2D eigenvalue weighted by Crippen LogP contribution is 2.24. The Balaban J connectivity index is 1.66. The van der Waals surface area contributed by atoms with Crippen LogP contribution in [0.15, 0.2) is 58.5 Å². The van der Waals surface area contributed by atoms with Gasteiger partial charge in [-0.15, -0.1) is 0 Å². The summed E-state index contributed by atoms with van der Waals surface area (Å²) in [5.41, 5.74) is 4.34. The SMILES string of the molecule is C/C(=N\NC(=O)C1CCCN(S(=O)(=O)c2ccc(C)cc2)C1)c1cccc(OC(F)F)c1. The number of sulfonamides is 1. The van der Waals surface area contributed by atoms with E-state index in [1.165, 1.54) is 16.4 Å². The Labute approximate surface area is 186 Å². The molecule has 1 heterocycles. The molecule has 0 spiro atoms. The van der Waals surface area contributed by atoms with Crippen molar-refractivity contribution < 1.29 is 26.7 Å². The molecule has 1 saturated heterocycles. The van der Waals surface area contributed by atoms with Gasteiger partial charge >= 0.3 is 6.61 Å². The molecule has 0 bridgehead atoms. The largest absolute Gasteiger partial charge is 0.435 e. The molecule has 0 aromatic heterocycles. The zero-order chi connectivity index (χ0) is 23.3. The smallest absolute Gasteiger partial charge is 0.387 e. The van der Waals surface area contributed by atoms with Crippen molar-refractivity contribution in [1.82, 2.24) is 9.73 Å². The number of halogens is 2. The van der Waals surface area contributed by atoms with Gasteiger partial charge in [-0.2, -0.15) is 18.2 Å². The number of ether oxygens (including phenoxy) is 1. The molecule has 0 aliphatic carbocycles. The summed E-state index contributed by atoms with van der Waals surface area (Å²) in [6, 6.07) is 12.6. The predicted octanol–water partition coefficient (Wildman–Crippen LogP) is 3.54. The molecule has 1 atom stereocenters. The number of nitrogens with one attached hydrogen (secondary N) is 1. The van der Waals surface area contributed by atoms with Crippen LogP contribution in [0.5, 0.6) is 5.75 Å². The Morgan fingerprint density at radius 2 is 1.94 bits per heavy atom. The van der Waals surface area contributed by atoms with Crippen molar-refractivity contribution in [2.45, 2.75) is 38.2 Å². The highest BCUT2D eigenvalue weighted by atomic mass is 32.2. The fourth-order valence-electron chi connectivity index (χ4n) is 3.43. The highest BCUT2D eigenvalue weighted by Gasteiger charge is 2.33. The summed E-state index contributed by atoms with van der Waals surface area (Å²) in [5, 5.41) is 4.05. The Bertz CT molecular complexity index is 1090. The number of rotatable bonds is 7. The molecule has 1 aliphatic rings. The zero-order valence-electron chi connectivity index (χ0n) is 17.8. The van der Waals surface area contributed by atoms with Crippen LogP contribution in [-0.4, -0.2) is 44.0 Å². The van der Waals surface area contributed by atoms with E-state index >= 15 is 0 Å². The molecule has 1 aliphatic heterocycles. The van der Waals surface area contributed by atoms with Crippen LogP contribution >= 0.6 is 0 Å². The van der Waals surface area contributed by atoms with Gasteiger partial charge in [0.05, 0.1) is 16.5 Å². The maximum Gasteiger partial charge on any atom is 0.387 e. The normalized spacial score (nSPS) is 17.9. The Morgan fingerprint density at radius 1 is 1.22 bits per heavy atom. The van der Waals surface area contributed by atoms with E-state index in [9.17, 15) is 22.0 Å². The van der Waals surface area contributed by atoms with Crippen molar-refractivity contribution in [3.05, 3.63) is 59.7 Å². The molecule has 7 nitrogen and oxygen atoms in total. The monoisotopic (exact) mass is 465 g/mol. The molecule has 0 radical (unpaired) electrons. The third-order valence-electron chi connectivity index (χ3n) is 5.22. The zero-order valence-corrected chi connectivity index (χ0v) is 18.6. The number of nitrogens with zero attached hydrogens (tertiary/aromatic N) is 2. The fraction of sp³-hybridized carbons (Fsp3) is 0.364. The molecule has 1 fully saturated rings. The van der Waals surface area contributed by atoms with Gasteiger partial charge in [-0.05, 0) is 51.0 Å². The van der Waals surface area contributed by atoms with Crippen molar-refractivity contribution in [2.24, 2.45) is 11.0 Å². The second-order valence-electron chi connectivity index (χ2n) is 7.59. The van der Waals surface area contributed by atoms with Crippen LogP contribution in [-0.2, 0) is 14.8 Å². The van der Waals surface area contributed by atoms with Crippen molar-refractivity contribution in [2.75, 3.05) is 13.1 Å². The molecule has 2 aromatic rings. The number of hydrazone groups is 1. The van der Waals surface area contributed by atoms with E-state index in [1.54, 1.807) is 43.3 Å². The maximum absolute atomic E-state index is 12.9. The fourth-order valence-corrected chi connectivity index (χ4v) is 4.95. The second-order valence-corrected chi connectivity index (χ2v) is 9.53. The van der Waals surface area contributed by atoms with E-state index in [-0.39, 0.29) is 17.2 Å². The Morgan fingerprint density at radius 3 is 2.62 bits per heavy atom. The van der Waals surface area contributed by atoms with Crippen molar-refractivity contribution >= 4 is 21.6 Å². The lowest BCUT2D eigenvalue weighted by atomic mass is 9.99. The first-order chi connectivity index (χ1) is 15.2. The van der Waals surface area contributed by atoms with Gasteiger partial charge in [0.25, 0.3) is 0 Å². The van der Waals surface area contributed by atoms with Gasteiger partial charge < -0.3 is 4.74 Å². The minimum atomic E-state index is -3.69. The standard InChI is InChI=1S/C22H25F2N3O4S/c1-15-8-10-20(11-9-15)32(29,30)27-12-4-6-18(14-27)21(28)26-25-16(2)17-5-3-7-19(13-17)31-22(23)24/h3,5,7-11,13,18,22H,4,6,12,14H2,1-2H3,(H,26,28)/b25-16+. The molecule has 2 aromatic carbocycles. The maximum atomic E-state index is 12.9. The van der Waals surface area contributed by atoms with Gasteiger partial charge in [0.15, 0.2) is 0 Å². The lowest BCUT2D eigenvalue weighted by molar-refractivity contribution is -0.126. The summed E-state index contributed by atoms with van der Waals surface area (Å²) >= 11 is 0. The third kappa shape index (κ3) is 5.89. The molecule has 1 N–H and O–H groups in total. The summed E-state index contributed by atoms with van der Waals surface area (Å²) in [5.74, 6) is -0.954. The number of carbonyl (C=O) groups is 1. The minimum absolute atomic E-state index is 0.0115. The summed E-state index contributed by atoms with van der Waals surface area (Å²) in [7, 11) is -3.69.